The van der Waals surface area contributed by atoms with Gasteiger partial charge in [-0.3, -0.25) is 0 Å². The molecule has 0 spiro atoms. The average Bonchev–Trinajstić information content (AvgIpc) is 2.81. The maximum atomic E-state index is 12.1. The molecule has 8 nitrogen and oxygen atoms in total. The Kier molecular flexibility index (Phi) is 13.1. The number of carbonyl (C=O) groups excluding carboxylic acids is 2. The van der Waals surface area contributed by atoms with Gasteiger partial charge in [-0.05, 0) is 62.8 Å². The van der Waals surface area contributed by atoms with E-state index in [0.717, 1.165) is 26.1 Å². The molecular formula is C25H37N3O5. The van der Waals surface area contributed by atoms with E-state index in [-0.39, 0.29) is 11.9 Å². The molecule has 8 heteroatoms. The van der Waals surface area contributed by atoms with Crippen LogP contribution in [0, 0.1) is 0 Å². The van der Waals surface area contributed by atoms with E-state index in [1.54, 1.807) is 49.4 Å². The number of nitrogen functional groups attached to an aromatic ring is 2. The van der Waals surface area contributed by atoms with E-state index in [9.17, 15) is 9.59 Å². The fourth-order valence-electron chi connectivity index (χ4n) is 2.76. The van der Waals surface area contributed by atoms with Crippen LogP contribution in [0.1, 0.15) is 54.8 Å². The Morgan fingerprint density at radius 1 is 0.818 bits per heavy atom. The molecule has 0 aromatic heterocycles. The first-order valence-corrected chi connectivity index (χ1v) is 11.3. The molecule has 0 aliphatic rings. The van der Waals surface area contributed by atoms with Crippen LogP contribution in [0.2, 0.25) is 0 Å². The van der Waals surface area contributed by atoms with Crippen LogP contribution < -0.4 is 16.2 Å². The first-order chi connectivity index (χ1) is 15.9. The van der Waals surface area contributed by atoms with Crippen molar-refractivity contribution in [2.75, 3.05) is 50.9 Å². The highest BCUT2D eigenvalue weighted by atomic mass is 16.5. The molecule has 33 heavy (non-hydrogen) atoms. The fraction of sp³-hybridized carbons (Fsp3) is 0.440. The Morgan fingerprint density at radius 2 is 1.45 bits per heavy atom. The summed E-state index contributed by atoms with van der Waals surface area (Å²) >= 11 is 0. The number of nitrogens with two attached hydrogens (primary N) is 2. The summed E-state index contributed by atoms with van der Waals surface area (Å²) in [6.45, 7) is 11.9. The molecule has 0 aliphatic carbocycles. The number of nitrogens with zero attached hydrogens (tertiary/aromatic N) is 1. The Morgan fingerprint density at radius 3 is 2.03 bits per heavy atom. The number of benzene rings is 2. The molecule has 0 heterocycles. The van der Waals surface area contributed by atoms with Crippen molar-refractivity contribution in [1.82, 2.24) is 4.90 Å². The molecule has 0 bridgehead atoms. The second-order valence-corrected chi connectivity index (χ2v) is 7.11. The minimum Gasteiger partial charge on any atom is -0.493 e. The van der Waals surface area contributed by atoms with Crippen molar-refractivity contribution < 1.29 is 23.8 Å². The summed E-state index contributed by atoms with van der Waals surface area (Å²) in [5.41, 5.74) is 13.4. The summed E-state index contributed by atoms with van der Waals surface area (Å²) < 4.78 is 15.7. The zero-order valence-corrected chi connectivity index (χ0v) is 20.1. The molecule has 0 saturated carbocycles. The van der Waals surface area contributed by atoms with Crippen molar-refractivity contribution in [3.63, 3.8) is 0 Å². The van der Waals surface area contributed by atoms with E-state index in [1.807, 2.05) is 6.92 Å². The van der Waals surface area contributed by atoms with Crippen molar-refractivity contribution in [3.05, 3.63) is 53.6 Å². The quantitative estimate of drug-likeness (QED) is 0.382. The topological polar surface area (TPSA) is 117 Å². The Bertz CT molecular complexity index is 852. The predicted molar refractivity (Wildman–Crippen MR) is 132 cm³/mol. The van der Waals surface area contributed by atoms with Crippen LogP contribution in [0.15, 0.2) is 42.5 Å². The van der Waals surface area contributed by atoms with E-state index in [1.165, 1.54) is 0 Å². The predicted octanol–water partition coefficient (Wildman–Crippen LogP) is 4.00. The van der Waals surface area contributed by atoms with Crippen molar-refractivity contribution >= 4 is 23.3 Å². The fourth-order valence-corrected chi connectivity index (χ4v) is 2.76. The van der Waals surface area contributed by atoms with Crippen molar-refractivity contribution in [3.8, 4) is 5.75 Å². The number of likely N-dealkylation sites (N-methyl/N-ethyl adjacent to an activating group) is 1. The van der Waals surface area contributed by atoms with Crippen molar-refractivity contribution in [2.45, 2.75) is 34.1 Å². The third-order valence-electron chi connectivity index (χ3n) is 4.64. The van der Waals surface area contributed by atoms with Crippen LogP contribution >= 0.6 is 0 Å². The SMILES string of the molecule is CCCOc1cc(N)ccc1C(=O)OCCN(CC)CC.CCOC(=O)c1ccc(N)cc1. The Hall–Kier alpha value is -3.26. The van der Waals surface area contributed by atoms with Crippen LogP contribution in [0.5, 0.6) is 5.75 Å². The minimum atomic E-state index is -0.367. The molecule has 2 aromatic rings. The number of anilines is 2. The second kappa shape index (κ2) is 15.5. The third kappa shape index (κ3) is 10.3. The molecule has 182 valence electrons. The largest absolute Gasteiger partial charge is 0.493 e. The highest BCUT2D eigenvalue weighted by Gasteiger charge is 2.15. The van der Waals surface area contributed by atoms with E-state index >= 15 is 0 Å². The Labute approximate surface area is 196 Å². The lowest BCUT2D eigenvalue weighted by atomic mass is 10.2. The normalized spacial score (nSPS) is 10.2. The van der Waals surface area contributed by atoms with Gasteiger partial charge in [0, 0.05) is 24.0 Å². The van der Waals surface area contributed by atoms with Gasteiger partial charge in [0.1, 0.15) is 17.9 Å². The van der Waals surface area contributed by atoms with Crippen LogP contribution in [0.25, 0.3) is 0 Å². The summed E-state index contributed by atoms with van der Waals surface area (Å²) in [6, 6.07) is 11.6. The average molecular weight is 460 g/mol. The van der Waals surface area contributed by atoms with E-state index < -0.39 is 0 Å². The molecule has 0 saturated heterocycles. The standard InChI is InChI=1S/C16H26N2O3.C9H11NO2/c1-4-10-20-15-12-13(17)7-8-14(15)16(19)21-11-9-18(5-2)6-3;1-2-12-9(11)7-3-5-8(10)6-4-7/h7-8,12H,4-6,9-11,17H2,1-3H3;3-6H,2,10H2,1H3. The summed E-state index contributed by atoms with van der Waals surface area (Å²) in [5, 5.41) is 0. The van der Waals surface area contributed by atoms with Crippen LogP contribution in [-0.4, -0.2) is 56.3 Å². The van der Waals surface area contributed by atoms with Gasteiger partial charge in [0.05, 0.1) is 18.8 Å². The van der Waals surface area contributed by atoms with Gasteiger partial charge in [-0.2, -0.15) is 0 Å². The van der Waals surface area contributed by atoms with Gasteiger partial charge in [0.25, 0.3) is 0 Å². The number of esters is 2. The summed E-state index contributed by atoms with van der Waals surface area (Å²) in [7, 11) is 0. The number of hydrogen-bond acceptors (Lipinski definition) is 8. The van der Waals surface area contributed by atoms with Crippen LogP contribution in [0.3, 0.4) is 0 Å². The maximum absolute atomic E-state index is 12.1. The summed E-state index contributed by atoms with van der Waals surface area (Å²) in [4.78, 5) is 25.4. The lowest BCUT2D eigenvalue weighted by Crippen LogP contribution is -2.28. The molecule has 0 radical (unpaired) electrons. The molecule has 2 rings (SSSR count). The van der Waals surface area contributed by atoms with Crippen molar-refractivity contribution in [1.29, 1.82) is 0 Å². The van der Waals surface area contributed by atoms with E-state index in [4.69, 9.17) is 25.7 Å². The molecule has 0 aliphatic heterocycles. The monoisotopic (exact) mass is 459 g/mol. The molecule has 0 atom stereocenters. The van der Waals surface area contributed by atoms with Crippen LogP contribution in [-0.2, 0) is 9.47 Å². The summed E-state index contributed by atoms with van der Waals surface area (Å²) in [6.07, 6.45) is 0.866. The zero-order valence-electron chi connectivity index (χ0n) is 20.1. The lowest BCUT2D eigenvalue weighted by Gasteiger charge is -2.18. The molecule has 0 unspecified atom stereocenters. The van der Waals surface area contributed by atoms with Gasteiger partial charge in [-0.1, -0.05) is 20.8 Å². The number of rotatable bonds is 11. The first kappa shape index (κ1) is 27.8. The highest BCUT2D eigenvalue weighted by Crippen LogP contribution is 2.23. The highest BCUT2D eigenvalue weighted by molar-refractivity contribution is 5.93. The second-order valence-electron chi connectivity index (χ2n) is 7.11. The van der Waals surface area contributed by atoms with Crippen molar-refractivity contribution in [2.24, 2.45) is 0 Å². The summed E-state index contributed by atoms with van der Waals surface area (Å²) in [5.74, 6) is -0.185. The molecule has 0 amide bonds. The van der Waals surface area contributed by atoms with Gasteiger partial charge in [0.15, 0.2) is 0 Å². The third-order valence-corrected chi connectivity index (χ3v) is 4.64. The first-order valence-electron chi connectivity index (χ1n) is 11.3. The molecule has 2 aromatic carbocycles. The van der Waals surface area contributed by atoms with Gasteiger partial charge < -0.3 is 30.6 Å². The number of carbonyl (C=O) groups is 2. The smallest absolute Gasteiger partial charge is 0.341 e. The maximum Gasteiger partial charge on any atom is 0.341 e. The molecule has 4 N–H and O–H groups in total. The number of hydrogen-bond donors (Lipinski definition) is 2. The molecular weight excluding hydrogens is 422 g/mol. The van der Waals surface area contributed by atoms with Gasteiger partial charge >= 0.3 is 11.9 Å². The van der Waals surface area contributed by atoms with Gasteiger partial charge in [-0.15, -0.1) is 0 Å². The minimum absolute atomic E-state index is 0.308. The zero-order chi connectivity index (χ0) is 24.6. The number of ether oxygens (including phenoxy) is 3. The van der Waals surface area contributed by atoms with Crippen LogP contribution in [0.4, 0.5) is 11.4 Å². The van der Waals surface area contributed by atoms with Gasteiger partial charge in [-0.25, -0.2) is 9.59 Å². The molecule has 0 fully saturated rings. The van der Waals surface area contributed by atoms with E-state index in [2.05, 4.69) is 18.7 Å². The lowest BCUT2D eigenvalue weighted by molar-refractivity contribution is 0.0460. The van der Waals surface area contributed by atoms with Gasteiger partial charge in [0.2, 0.25) is 0 Å². The Balaban J connectivity index is 0.000000383. The van der Waals surface area contributed by atoms with E-state index in [0.29, 0.717) is 48.1 Å².